The summed E-state index contributed by atoms with van der Waals surface area (Å²) in [6.07, 6.45) is 8.01. The van der Waals surface area contributed by atoms with Gasteiger partial charge in [-0.3, -0.25) is 0 Å². The van der Waals surface area contributed by atoms with Crippen LogP contribution in [0.1, 0.15) is 6.42 Å². The summed E-state index contributed by atoms with van der Waals surface area (Å²) in [5, 5.41) is 0. The van der Waals surface area contributed by atoms with Crippen molar-refractivity contribution in [1.29, 1.82) is 0 Å². The Labute approximate surface area is 48.7 Å². The number of hydrogen-bond donors (Lipinski definition) is 0. The number of rotatable bonds is 1. The molecule has 1 aliphatic heterocycles. The van der Waals surface area contributed by atoms with E-state index >= 15 is 0 Å². The lowest BCUT2D eigenvalue weighted by atomic mass is 10.2. The van der Waals surface area contributed by atoms with Gasteiger partial charge in [0.25, 0.3) is 0 Å². The van der Waals surface area contributed by atoms with Crippen LogP contribution in [0.5, 0.6) is 0 Å². The normalized spacial score (nSPS) is 33.0. The molecule has 1 fully saturated rings. The van der Waals surface area contributed by atoms with Gasteiger partial charge in [-0.15, -0.1) is 0 Å². The molecular formula is C7H8O. The van der Waals surface area contributed by atoms with Crippen molar-refractivity contribution >= 4 is 0 Å². The van der Waals surface area contributed by atoms with Crippen molar-refractivity contribution in [3.8, 4) is 0 Å². The van der Waals surface area contributed by atoms with Crippen molar-refractivity contribution in [2.75, 3.05) is 6.61 Å². The average molecular weight is 108 g/mol. The molecule has 1 aliphatic carbocycles. The minimum atomic E-state index is 0.491. The van der Waals surface area contributed by atoms with Gasteiger partial charge in [0.2, 0.25) is 0 Å². The molecule has 2 aliphatic rings. The Bertz CT molecular complexity index is 152. The molecule has 42 valence electrons. The molecule has 1 saturated heterocycles. The van der Waals surface area contributed by atoms with E-state index < -0.39 is 0 Å². The highest BCUT2D eigenvalue weighted by atomic mass is 16.6. The van der Waals surface area contributed by atoms with Crippen LogP contribution in [-0.2, 0) is 4.74 Å². The quantitative estimate of drug-likeness (QED) is 0.461. The highest BCUT2D eigenvalue weighted by Crippen LogP contribution is 2.25. The summed E-state index contributed by atoms with van der Waals surface area (Å²) >= 11 is 0. The maximum Gasteiger partial charge on any atom is 0.103 e. The largest absolute Gasteiger partial charge is 0.368 e. The van der Waals surface area contributed by atoms with Crippen molar-refractivity contribution in [3.05, 3.63) is 23.8 Å². The predicted octanol–water partition coefficient (Wildman–Crippen LogP) is 1.27. The molecule has 2 rings (SSSR count). The van der Waals surface area contributed by atoms with Crippen LogP contribution in [0.25, 0.3) is 0 Å². The zero-order chi connectivity index (χ0) is 5.40. The van der Waals surface area contributed by atoms with Crippen LogP contribution in [0.2, 0.25) is 0 Å². The molecule has 0 aromatic heterocycles. The van der Waals surface area contributed by atoms with E-state index in [2.05, 4.69) is 18.2 Å². The number of hydrogen-bond acceptors (Lipinski definition) is 1. The van der Waals surface area contributed by atoms with Gasteiger partial charge in [-0.1, -0.05) is 18.2 Å². The molecule has 0 radical (unpaired) electrons. The van der Waals surface area contributed by atoms with Crippen molar-refractivity contribution in [2.24, 2.45) is 0 Å². The third kappa shape index (κ3) is 0.594. The SMILES string of the molecule is C1=CCC(C2CO2)=C1. The van der Waals surface area contributed by atoms with Gasteiger partial charge in [-0.25, -0.2) is 0 Å². The Hall–Kier alpha value is -0.560. The predicted molar refractivity (Wildman–Crippen MR) is 31.6 cm³/mol. The molecule has 1 heterocycles. The Morgan fingerprint density at radius 2 is 2.50 bits per heavy atom. The van der Waals surface area contributed by atoms with E-state index in [-0.39, 0.29) is 0 Å². The molecule has 0 N–H and O–H groups in total. The van der Waals surface area contributed by atoms with Gasteiger partial charge in [-0.2, -0.15) is 0 Å². The van der Waals surface area contributed by atoms with E-state index in [9.17, 15) is 0 Å². The van der Waals surface area contributed by atoms with E-state index in [1.54, 1.807) is 0 Å². The van der Waals surface area contributed by atoms with Crippen LogP contribution in [0.3, 0.4) is 0 Å². The Morgan fingerprint density at radius 1 is 1.62 bits per heavy atom. The van der Waals surface area contributed by atoms with Crippen LogP contribution < -0.4 is 0 Å². The Morgan fingerprint density at radius 3 is 3.00 bits per heavy atom. The van der Waals surface area contributed by atoms with E-state index in [4.69, 9.17) is 4.74 Å². The van der Waals surface area contributed by atoms with Gasteiger partial charge in [0.1, 0.15) is 6.10 Å². The van der Waals surface area contributed by atoms with E-state index in [1.807, 2.05) is 0 Å². The lowest BCUT2D eigenvalue weighted by molar-refractivity contribution is 0.430. The second-order valence-electron chi connectivity index (χ2n) is 2.20. The molecule has 1 nitrogen and oxygen atoms in total. The summed E-state index contributed by atoms with van der Waals surface area (Å²) < 4.78 is 5.08. The zero-order valence-electron chi connectivity index (χ0n) is 4.63. The highest BCUT2D eigenvalue weighted by molar-refractivity contribution is 5.28. The van der Waals surface area contributed by atoms with Gasteiger partial charge in [0, 0.05) is 0 Å². The lowest BCUT2D eigenvalue weighted by Gasteiger charge is -1.88. The summed E-state index contributed by atoms with van der Waals surface area (Å²) in [7, 11) is 0. The lowest BCUT2D eigenvalue weighted by Crippen LogP contribution is -1.86. The van der Waals surface area contributed by atoms with Crippen molar-refractivity contribution in [3.63, 3.8) is 0 Å². The van der Waals surface area contributed by atoms with Crippen LogP contribution >= 0.6 is 0 Å². The summed E-state index contributed by atoms with van der Waals surface area (Å²) in [5.74, 6) is 0. The third-order valence-corrected chi connectivity index (χ3v) is 1.55. The van der Waals surface area contributed by atoms with Gasteiger partial charge >= 0.3 is 0 Å². The summed E-state index contributed by atoms with van der Waals surface area (Å²) in [6, 6.07) is 0. The summed E-state index contributed by atoms with van der Waals surface area (Å²) in [5.41, 5.74) is 1.45. The number of ether oxygens (including phenoxy) is 1. The van der Waals surface area contributed by atoms with Gasteiger partial charge in [-0.05, 0) is 12.0 Å². The minimum absolute atomic E-state index is 0.491. The standard InChI is InChI=1S/C7H8O/c1-2-4-6(3-1)7-5-8-7/h1-3,7H,4-5H2. The first kappa shape index (κ1) is 4.33. The molecule has 0 aromatic rings. The molecule has 0 bridgehead atoms. The fraction of sp³-hybridized carbons (Fsp3) is 0.429. The Kier molecular flexibility index (Phi) is 0.788. The van der Waals surface area contributed by atoms with Crippen LogP contribution in [0.4, 0.5) is 0 Å². The summed E-state index contributed by atoms with van der Waals surface area (Å²) in [4.78, 5) is 0. The maximum atomic E-state index is 5.08. The fourth-order valence-corrected chi connectivity index (χ4v) is 0.965. The van der Waals surface area contributed by atoms with Crippen LogP contribution in [0, 0.1) is 0 Å². The first-order valence-corrected chi connectivity index (χ1v) is 2.94. The van der Waals surface area contributed by atoms with E-state index in [0.29, 0.717) is 6.10 Å². The second kappa shape index (κ2) is 1.46. The number of allylic oxidation sites excluding steroid dienone is 3. The smallest absolute Gasteiger partial charge is 0.103 e. The fourth-order valence-electron chi connectivity index (χ4n) is 0.965. The van der Waals surface area contributed by atoms with Crippen molar-refractivity contribution in [1.82, 2.24) is 0 Å². The zero-order valence-corrected chi connectivity index (χ0v) is 4.63. The van der Waals surface area contributed by atoms with E-state index in [0.717, 1.165) is 13.0 Å². The summed E-state index contributed by atoms with van der Waals surface area (Å²) in [6.45, 7) is 0.952. The molecule has 8 heavy (non-hydrogen) atoms. The molecule has 0 amide bonds. The first-order valence-electron chi connectivity index (χ1n) is 2.94. The first-order chi connectivity index (χ1) is 3.97. The van der Waals surface area contributed by atoms with Crippen LogP contribution in [0.15, 0.2) is 23.8 Å². The monoisotopic (exact) mass is 108 g/mol. The molecule has 0 saturated carbocycles. The van der Waals surface area contributed by atoms with Gasteiger partial charge < -0.3 is 4.74 Å². The van der Waals surface area contributed by atoms with Gasteiger partial charge in [0.05, 0.1) is 6.61 Å². The highest BCUT2D eigenvalue weighted by Gasteiger charge is 2.26. The van der Waals surface area contributed by atoms with Gasteiger partial charge in [0.15, 0.2) is 0 Å². The number of epoxide rings is 1. The third-order valence-electron chi connectivity index (χ3n) is 1.55. The van der Waals surface area contributed by atoms with Crippen molar-refractivity contribution in [2.45, 2.75) is 12.5 Å². The van der Waals surface area contributed by atoms with E-state index in [1.165, 1.54) is 5.57 Å². The maximum absolute atomic E-state index is 5.08. The second-order valence-corrected chi connectivity index (χ2v) is 2.20. The molecule has 1 atom stereocenters. The molecule has 1 heteroatoms. The molecule has 1 unspecified atom stereocenters. The van der Waals surface area contributed by atoms with Crippen molar-refractivity contribution < 1.29 is 4.74 Å². The average Bonchev–Trinajstić information content (AvgIpc) is 2.49. The molecular weight excluding hydrogens is 100 g/mol. The minimum Gasteiger partial charge on any atom is -0.368 e. The topological polar surface area (TPSA) is 12.5 Å². The Balaban J connectivity index is 2.07. The molecule has 0 spiro atoms. The molecule has 0 aromatic carbocycles. The van der Waals surface area contributed by atoms with Crippen LogP contribution in [-0.4, -0.2) is 12.7 Å².